The molecule has 0 saturated carbocycles. The highest BCUT2D eigenvalue weighted by Gasteiger charge is 2.44. The molecule has 2 nitrogen and oxygen atoms in total. The number of rotatable bonds is 2. The molecule has 144 valence electrons. The molecule has 2 aromatic carbocycles. The van der Waals surface area contributed by atoms with Gasteiger partial charge in [-0.15, -0.1) is 0 Å². The number of carbonyl (C=O) groups excluding carboxylic acids is 1. The predicted octanol–water partition coefficient (Wildman–Crippen LogP) is 6.00. The summed E-state index contributed by atoms with van der Waals surface area (Å²) in [6.07, 6.45) is 4.91. The van der Waals surface area contributed by atoms with E-state index in [2.05, 4.69) is 36.8 Å². The first kappa shape index (κ1) is 19.7. The van der Waals surface area contributed by atoms with Crippen LogP contribution in [0.2, 0.25) is 0 Å². The van der Waals surface area contributed by atoms with Gasteiger partial charge >= 0.3 is 0 Å². The van der Waals surface area contributed by atoms with Gasteiger partial charge in [-0.05, 0) is 56.3 Å². The van der Waals surface area contributed by atoms with E-state index in [0.29, 0.717) is 31.2 Å². The van der Waals surface area contributed by atoms with Crippen LogP contribution in [0.25, 0.3) is 12.2 Å². The number of Topliss-reactive ketones (excluding diaryl/α,β-unsaturated/α-hetero) is 1. The number of piperidine rings is 1. The molecule has 0 aliphatic carbocycles. The first-order chi connectivity index (χ1) is 13.3. The van der Waals surface area contributed by atoms with E-state index >= 15 is 0 Å². The molecule has 2 saturated heterocycles. The molecule has 0 spiro atoms. The summed E-state index contributed by atoms with van der Waals surface area (Å²) in [5.74, 6) is -0.904. The van der Waals surface area contributed by atoms with Crippen LogP contribution in [0, 0.1) is 11.6 Å². The Hall–Kier alpha value is -1.63. The molecule has 2 unspecified atom stereocenters. The summed E-state index contributed by atoms with van der Waals surface area (Å²) in [6.45, 7) is 0. The van der Waals surface area contributed by atoms with E-state index < -0.39 is 0 Å². The maximum absolute atomic E-state index is 14.3. The molecule has 2 fully saturated rings. The molecule has 2 heterocycles. The second kappa shape index (κ2) is 7.65. The van der Waals surface area contributed by atoms with Gasteiger partial charge in [-0.25, -0.2) is 8.78 Å². The Morgan fingerprint density at radius 3 is 1.71 bits per heavy atom. The van der Waals surface area contributed by atoms with Crippen LogP contribution in [-0.2, 0) is 4.79 Å². The van der Waals surface area contributed by atoms with Gasteiger partial charge in [-0.3, -0.25) is 9.69 Å². The molecule has 6 heteroatoms. The van der Waals surface area contributed by atoms with Crippen molar-refractivity contribution in [2.75, 3.05) is 7.05 Å². The molecular formula is C22H17Br2F2NO. The van der Waals surface area contributed by atoms with Crippen LogP contribution in [0.4, 0.5) is 8.78 Å². The van der Waals surface area contributed by atoms with Crippen LogP contribution >= 0.6 is 31.9 Å². The Labute approximate surface area is 179 Å². The fourth-order valence-electron chi connectivity index (χ4n) is 4.05. The van der Waals surface area contributed by atoms with Crippen molar-refractivity contribution in [2.45, 2.75) is 24.9 Å². The second-order valence-electron chi connectivity index (χ2n) is 7.13. The minimum Gasteiger partial charge on any atom is -0.292 e. The van der Waals surface area contributed by atoms with Crippen molar-refractivity contribution >= 4 is 49.8 Å². The van der Waals surface area contributed by atoms with E-state index in [1.54, 1.807) is 36.4 Å². The first-order valence-corrected chi connectivity index (χ1v) is 10.5. The standard InChI is InChI=1S/C22H17Br2F2NO/c1-27-20-6-7-21(27)17(9-13-3-5-15(24)11-19(13)26)22(28)16(20)8-12-2-4-14(23)10-18(12)25/h2-5,8-11,20-21H,6-7H2,1H3/b16-8+,17-9+. The number of benzene rings is 2. The molecule has 0 amide bonds. The summed E-state index contributed by atoms with van der Waals surface area (Å²) in [5, 5.41) is 0. The van der Waals surface area contributed by atoms with Crippen molar-refractivity contribution in [3.8, 4) is 0 Å². The lowest BCUT2D eigenvalue weighted by Gasteiger charge is -2.34. The predicted molar refractivity (Wildman–Crippen MR) is 114 cm³/mol. The van der Waals surface area contributed by atoms with Crippen LogP contribution in [0.15, 0.2) is 56.5 Å². The third-order valence-corrected chi connectivity index (χ3v) is 6.47. The van der Waals surface area contributed by atoms with Crippen molar-refractivity contribution < 1.29 is 13.6 Å². The molecule has 28 heavy (non-hydrogen) atoms. The van der Waals surface area contributed by atoms with Gasteiger partial charge in [0.25, 0.3) is 0 Å². The Morgan fingerprint density at radius 2 is 1.32 bits per heavy atom. The van der Waals surface area contributed by atoms with Crippen molar-refractivity contribution in [1.29, 1.82) is 0 Å². The SMILES string of the molecule is CN1C2CCC1/C(=C\c1ccc(Br)cc1F)C(=O)/C2=C/c1ccc(Br)cc1F. The van der Waals surface area contributed by atoms with Crippen LogP contribution in [0.1, 0.15) is 24.0 Å². The van der Waals surface area contributed by atoms with Crippen LogP contribution < -0.4 is 0 Å². The highest BCUT2D eigenvalue weighted by molar-refractivity contribution is 9.10. The van der Waals surface area contributed by atoms with E-state index in [9.17, 15) is 13.6 Å². The van der Waals surface area contributed by atoms with Crippen molar-refractivity contribution in [3.05, 3.63) is 79.3 Å². The van der Waals surface area contributed by atoms with Crippen molar-refractivity contribution in [3.63, 3.8) is 0 Å². The van der Waals surface area contributed by atoms with Crippen LogP contribution in [-0.4, -0.2) is 29.8 Å². The van der Waals surface area contributed by atoms with Gasteiger partial charge in [0, 0.05) is 43.3 Å². The zero-order valence-electron chi connectivity index (χ0n) is 15.1. The number of halogens is 4. The largest absolute Gasteiger partial charge is 0.292 e. The molecule has 0 aromatic heterocycles. The molecule has 2 bridgehead atoms. The zero-order chi connectivity index (χ0) is 20.0. The second-order valence-corrected chi connectivity index (χ2v) is 8.97. The highest BCUT2D eigenvalue weighted by Crippen LogP contribution is 2.40. The third-order valence-electron chi connectivity index (χ3n) is 5.49. The van der Waals surface area contributed by atoms with Crippen molar-refractivity contribution in [1.82, 2.24) is 4.90 Å². The normalized spacial score (nSPS) is 25.1. The van der Waals surface area contributed by atoms with Crippen LogP contribution in [0.3, 0.4) is 0 Å². The van der Waals surface area contributed by atoms with Crippen molar-refractivity contribution in [2.24, 2.45) is 0 Å². The maximum Gasteiger partial charge on any atom is 0.188 e. The molecule has 0 radical (unpaired) electrons. The van der Waals surface area contributed by atoms with E-state index in [1.807, 2.05) is 7.05 Å². The minimum atomic E-state index is -0.387. The average Bonchev–Trinajstić information content (AvgIpc) is 2.94. The number of carbonyl (C=O) groups is 1. The number of ketones is 1. The molecule has 2 aromatic rings. The Bertz CT molecular complexity index is 952. The van der Waals surface area contributed by atoms with E-state index in [4.69, 9.17) is 0 Å². The quantitative estimate of drug-likeness (QED) is 0.463. The summed E-state index contributed by atoms with van der Waals surface area (Å²) in [7, 11) is 1.96. The number of fused-ring (bicyclic) bond motifs is 2. The van der Waals surface area contributed by atoms with Gasteiger partial charge in [0.05, 0.1) is 0 Å². The Kier molecular flexibility index (Phi) is 5.38. The average molecular weight is 509 g/mol. The number of nitrogens with zero attached hydrogens (tertiary/aromatic N) is 1. The van der Waals surface area contributed by atoms with Gasteiger partial charge in [-0.2, -0.15) is 0 Å². The maximum atomic E-state index is 14.3. The minimum absolute atomic E-state index is 0.0486. The number of hydrogen-bond donors (Lipinski definition) is 0. The van der Waals surface area contributed by atoms with Crippen LogP contribution in [0.5, 0.6) is 0 Å². The van der Waals surface area contributed by atoms with E-state index in [1.165, 1.54) is 12.1 Å². The fraction of sp³-hybridized carbons (Fsp3) is 0.227. The lowest BCUT2D eigenvalue weighted by molar-refractivity contribution is -0.114. The van der Waals surface area contributed by atoms with Gasteiger partial charge in [0.15, 0.2) is 5.78 Å². The number of hydrogen-bond acceptors (Lipinski definition) is 2. The summed E-state index contributed by atoms with van der Waals surface area (Å²) >= 11 is 6.50. The smallest absolute Gasteiger partial charge is 0.188 e. The summed E-state index contributed by atoms with van der Waals surface area (Å²) in [4.78, 5) is 15.4. The Balaban J connectivity index is 1.80. The lowest BCUT2D eigenvalue weighted by Crippen LogP contribution is -2.43. The van der Waals surface area contributed by atoms with E-state index in [-0.39, 0.29) is 29.5 Å². The Morgan fingerprint density at radius 1 is 0.893 bits per heavy atom. The fourth-order valence-corrected chi connectivity index (χ4v) is 4.72. The number of likely N-dealkylation sites (N-methyl/N-ethyl adjacent to an activating group) is 1. The van der Waals surface area contributed by atoms with Gasteiger partial charge in [0.2, 0.25) is 0 Å². The zero-order valence-corrected chi connectivity index (χ0v) is 18.2. The summed E-state index contributed by atoms with van der Waals surface area (Å²) in [5.41, 5.74) is 1.86. The van der Waals surface area contributed by atoms with Gasteiger partial charge in [0.1, 0.15) is 11.6 Å². The lowest BCUT2D eigenvalue weighted by atomic mass is 9.88. The summed E-state index contributed by atoms with van der Waals surface area (Å²) in [6, 6.07) is 9.47. The third kappa shape index (κ3) is 3.53. The monoisotopic (exact) mass is 507 g/mol. The molecular weight excluding hydrogens is 492 g/mol. The van der Waals surface area contributed by atoms with Gasteiger partial charge in [-0.1, -0.05) is 44.0 Å². The molecule has 2 aliphatic rings. The van der Waals surface area contributed by atoms with E-state index in [0.717, 1.165) is 12.8 Å². The molecule has 4 rings (SSSR count). The highest BCUT2D eigenvalue weighted by atomic mass is 79.9. The summed E-state index contributed by atoms with van der Waals surface area (Å²) < 4.78 is 30.0. The first-order valence-electron chi connectivity index (χ1n) is 8.95. The topological polar surface area (TPSA) is 20.3 Å². The molecule has 2 atom stereocenters. The molecule has 2 aliphatic heterocycles. The molecule has 0 N–H and O–H groups in total. The van der Waals surface area contributed by atoms with Gasteiger partial charge < -0.3 is 0 Å².